The predicted molar refractivity (Wildman–Crippen MR) is 68.4 cm³/mol. The van der Waals surface area contributed by atoms with Crippen molar-refractivity contribution in [1.29, 1.82) is 0 Å². The molecule has 0 radical (unpaired) electrons. The molecule has 13 heavy (non-hydrogen) atoms. The van der Waals surface area contributed by atoms with Crippen LogP contribution in [0.3, 0.4) is 0 Å². The number of fused-ring (bicyclic) bond motifs is 1. The van der Waals surface area contributed by atoms with Crippen molar-refractivity contribution in [1.82, 2.24) is 8.96 Å². The Labute approximate surface area is 96.8 Å². The Bertz CT molecular complexity index is 530. The van der Waals surface area contributed by atoms with Gasteiger partial charge < -0.3 is 0 Å². The first-order valence-corrected chi connectivity index (χ1v) is 8.57. The number of hydrogen-bond donors (Lipinski definition) is 0. The van der Waals surface area contributed by atoms with Crippen molar-refractivity contribution in [2.45, 2.75) is 0 Å². The molecular formula is C7H4ClIN2PS-. The van der Waals surface area contributed by atoms with Crippen LogP contribution in [0, 0.1) is 0 Å². The van der Waals surface area contributed by atoms with E-state index in [0.29, 0.717) is 0 Å². The topological polar surface area (TPSA) is 17.8 Å². The van der Waals surface area contributed by atoms with Crippen molar-refractivity contribution < 1.29 is 0 Å². The van der Waals surface area contributed by atoms with Gasteiger partial charge in [-0.15, -0.1) is 0 Å². The van der Waals surface area contributed by atoms with Crippen LogP contribution in [0.2, 0.25) is 5.02 Å². The first-order chi connectivity index (χ1) is 6.20. The van der Waals surface area contributed by atoms with Crippen LogP contribution >= 0.6 is 40.6 Å². The molecule has 0 saturated carbocycles. The third-order valence-electron chi connectivity index (χ3n) is 1.66. The first-order valence-electron chi connectivity index (χ1n) is 3.42. The Kier molecular flexibility index (Phi) is 3.03. The van der Waals surface area contributed by atoms with Crippen LogP contribution in [0.1, 0.15) is 0 Å². The molecule has 0 N–H and O–H groups in total. The predicted octanol–water partition coefficient (Wildman–Crippen LogP) is 3.75. The molecule has 0 aliphatic rings. The van der Waals surface area contributed by atoms with Crippen LogP contribution in [0.25, 0.3) is 11.0 Å². The molecule has 0 saturated heterocycles. The summed E-state index contributed by atoms with van der Waals surface area (Å²) in [6.07, 6.45) is 3.66. The molecule has 2 nitrogen and oxygen atoms in total. The molecule has 0 atom stereocenters. The molecule has 0 aromatic carbocycles. The number of nitrogens with zero attached hydrogens (tertiary/aromatic N) is 2. The molecule has 0 unspecified atom stereocenters. The van der Waals surface area contributed by atoms with Gasteiger partial charge in [-0.2, -0.15) is 0 Å². The van der Waals surface area contributed by atoms with Gasteiger partial charge in [-0.1, -0.05) is 0 Å². The zero-order valence-electron chi connectivity index (χ0n) is 6.32. The molecule has 0 aliphatic carbocycles. The molecule has 2 heterocycles. The maximum absolute atomic E-state index is 6.00. The molecule has 2 rings (SSSR count). The summed E-state index contributed by atoms with van der Waals surface area (Å²) in [6.45, 7) is 0. The van der Waals surface area contributed by atoms with Gasteiger partial charge in [0.15, 0.2) is 0 Å². The maximum atomic E-state index is 6.00. The molecule has 0 aliphatic heterocycles. The van der Waals surface area contributed by atoms with Crippen molar-refractivity contribution in [3.05, 3.63) is 29.5 Å². The van der Waals surface area contributed by atoms with Gasteiger partial charge in [0.2, 0.25) is 0 Å². The minimum atomic E-state index is -0.171. The Balaban J connectivity index is 2.85. The summed E-state index contributed by atoms with van der Waals surface area (Å²) >= 11 is 8.23. The molecule has 0 bridgehead atoms. The number of halogens is 2. The number of hydrogen-bond acceptors (Lipinski definition) is 2. The molecule has 0 fully saturated rings. The Morgan fingerprint density at radius 3 is 3.00 bits per heavy atom. The van der Waals surface area contributed by atoms with Gasteiger partial charge in [-0.3, -0.25) is 0 Å². The van der Waals surface area contributed by atoms with Crippen LogP contribution in [0.4, 0.5) is 0 Å². The number of aromatic nitrogens is 2. The van der Waals surface area contributed by atoms with Crippen LogP contribution in [-0.2, 0) is 7.23 Å². The summed E-state index contributed by atoms with van der Waals surface area (Å²) in [4.78, 5) is 4.26. The van der Waals surface area contributed by atoms with Crippen LogP contribution in [0.15, 0.2) is 24.5 Å². The van der Waals surface area contributed by atoms with Crippen LogP contribution < -0.4 is 0 Å². The van der Waals surface area contributed by atoms with Crippen LogP contribution in [-0.4, -0.2) is 8.96 Å². The van der Waals surface area contributed by atoms with Crippen LogP contribution in [0.5, 0.6) is 0 Å². The average Bonchev–Trinajstić information content (AvgIpc) is 2.48. The van der Waals surface area contributed by atoms with E-state index < -0.39 is 0 Å². The van der Waals surface area contributed by atoms with Crippen molar-refractivity contribution in [2.24, 2.45) is 0 Å². The average molecular weight is 342 g/mol. The van der Waals surface area contributed by atoms with E-state index in [-0.39, 0.29) is 7.23 Å². The molecule has 2 aromatic heterocycles. The molecule has 2 aromatic rings. The quantitative estimate of drug-likeness (QED) is 0.405. The van der Waals surface area contributed by atoms with E-state index in [4.69, 9.17) is 11.6 Å². The van der Waals surface area contributed by atoms with Gasteiger partial charge in [-0.25, -0.2) is 0 Å². The molecular weight excluding hydrogens is 337 g/mol. The second-order valence-corrected chi connectivity index (χ2v) is 9.26. The second kappa shape index (κ2) is 3.93. The van der Waals surface area contributed by atoms with E-state index in [2.05, 4.69) is 34.0 Å². The summed E-state index contributed by atoms with van der Waals surface area (Å²) in [5, 5.41) is 1.71. The zero-order valence-corrected chi connectivity index (χ0v) is 10.9. The summed E-state index contributed by atoms with van der Waals surface area (Å²) in [5.74, 6) is 0. The summed E-state index contributed by atoms with van der Waals surface area (Å²) < 4.78 is 1.99. The van der Waals surface area contributed by atoms with Gasteiger partial charge in [0, 0.05) is 0 Å². The molecule has 6 heteroatoms. The van der Waals surface area contributed by atoms with E-state index in [1.165, 1.54) is 0 Å². The fraction of sp³-hybridized carbons (Fsp3) is 0. The van der Waals surface area contributed by atoms with E-state index in [9.17, 15) is 0 Å². The Morgan fingerprint density at radius 2 is 2.31 bits per heavy atom. The third kappa shape index (κ3) is 1.82. The minimum absolute atomic E-state index is 0.171. The van der Waals surface area contributed by atoms with E-state index in [0.717, 1.165) is 16.1 Å². The standard InChI is InChI=1S/C7H4ClIN2PS/c8-6-1-3-10-7-5(6)2-4-11(7)13(9)12/h1-4H/q-1. The van der Waals surface area contributed by atoms with Gasteiger partial charge in [-0.05, 0) is 0 Å². The fourth-order valence-corrected chi connectivity index (χ4v) is 3.11. The SMILES string of the molecule is P#[S-](I)n1ccc2c(Cl)ccnc21. The van der Waals surface area contributed by atoms with Crippen molar-refractivity contribution >= 4 is 58.9 Å². The van der Waals surface area contributed by atoms with Gasteiger partial charge in [0.25, 0.3) is 0 Å². The van der Waals surface area contributed by atoms with Gasteiger partial charge >= 0.3 is 97.4 Å². The number of rotatable bonds is 0. The Morgan fingerprint density at radius 1 is 1.54 bits per heavy atom. The van der Waals surface area contributed by atoms with Crippen molar-refractivity contribution in [2.75, 3.05) is 0 Å². The van der Waals surface area contributed by atoms with Crippen molar-refractivity contribution in [3.63, 3.8) is 0 Å². The van der Waals surface area contributed by atoms with Gasteiger partial charge in [0.1, 0.15) is 0 Å². The van der Waals surface area contributed by atoms with E-state index in [1.54, 1.807) is 12.3 Å². The monoisotopic (exact) mass is 341 g/mol. The van der Waals surface area contributed by atoms with Gasteiger partial charge in [0.05, 0.1) is 0 Å². The Hall–Kier alpha value is 0.490. The number of pyridine rings is 1. The van der Waals surface area contributed by atoms with E-state index >= 15 is 0 Å². The molecule has 0 amide bonds. The molecule has 0 spiro atoms. The fourth-order valence-electron chi connectivity index (χ4n) is 1.10. The summed E-state index contributed by atoms with van der Waals surface area (Å²) in [6, 6.07) is 3.75. The summed E-state index contributed by atoms with van der Waals surface area (Å²) in [7, 11) is 4.19. The summed E-state index contributed by atoms with van der Waals surface area (Å²) in [5.41, 5.74) is 0.889. The molecule has 68 valence electrons. The second-order valence-electron chi connectivity index (χ2n) is 2.39. The first kappa shape index (κ1) is 10.0. The van der Waals surface area contributed by atoms with Crippen molar-refractivity contribution in [3.8, 4) is 0 Å². The zero-order chi connectivity index (χ0) is 9.42. The van der Waals surface area contributed by atoms with E-state index in [1.807, 2.05) is 16.2 Å². The third-order valence-corrected chi connectivity index (χ3v) is 4.41. The normalized spacial score (nSPS) is 11.2.